The van der Waals surface area contributed by atoms with E-state index in [1.165, 1.54) is 29.6 Å². The molecule has 31 heavy (non-hydrogen) atoms. The van der Waals surface area contributed by atoms with Gasteiger partial charge in [0, 0.05) is 5.41 Å². The van der Waals surface area contributed by atoms with Crippen LogP contribution in [0.15, 0.2) is 35.5 Å². The Hall–Kier alpha value is -0.940. The first kappa shape index (κ1) is 24.7. The van der Waals surface area contributed by atoms with Crippen LogP contribution in [0.2, 0.25) is 0 Å². The first-order valence-electron chi connectivity index (χ1n) is 12.2. The first-order valence-corrected chi connectivity index (χ1v) is 12.2. The molecule has 0 bridgehead atoms. The van der Waals surface area contributed by atoms with Gasteiger partial charge in [-0.15, -0.1) is 0 Å². The smallest absolute Gasteiger partial charge is 0.0824 e. The molecule has 3 rings (SSSR count). The lowest BCUT2D eigenvalue weighted by molar-refractivity contribution is -0.0919. The van der Waals surface area contributed by atoms with Crippen LogP contribution in [0.4, 0.5) is 0 Å². The van der Waals surface area contributed by atoms with Crippen LogP contribution in [0.1, 0.15) is 79.1 Å². The van der Waals surface area contributed by atoms with E-state index < -0.39 is 5.60 Å². The van der Waals surface area contributed by atoms with Crippen LogP contribution >= 0.6 is 0 Å². The molecular formula is C27H44O4. The maximum atomic E-state index is 10.4. The van der Waals surface area contributed by atoms with Crippen molar-refractivity contribution in [1.82, 2.24) is 0 Å². The van der Waals surface area contributed by atoms with Gasteiger partial charge in [-0.25, -0.2) is 0 Å². The van der Waals surface area contributed by atoms with Crippen LogP contribution in [-0.4, -0.2) is 46.8 Å². The Kier molecular flexibility index (Phi) is 7.57. The molecule has 0 heterocycles. The van der Waals surface area contributed by atoms with Crippen LogP contribution in [0.25, 0.3) is 0 Å². The predicted octanol–water partition coefficient (Wildman–Crippen LogP) is 4.94. The van der Waals surface area contributed by atoms with Crippen molar-refractivity contribution < 1.29 is 20.1 Å². The molecule has 0 aliphatic heterocycles. The number of rotatable bonds is 7. The van der Waals surface area contributed by atoms with E-state index in [2.05, 4.69) is 32.6 Å². The average Bonchev–Trinajstić information content (AvgIpc) is 3.05. The molecule has 0 aromatic heterocycles. The number of ether oxygens (including phenoxy) is 1. The fraction of sp³-hybridized carbons (Fsp3) is 0.778. The van der Waals surface area contributed by atoms with E-state index in [0.29, 0.717) is 24.9 Å². The zero-order valence-electron chi connectivity index (χ0n) is 20.1. The maximum Gasteiger partial charge on any atom is 0.0824 e. The van der Waals surface area contributed by atoms with Gasteiger partial charge in [-0.05, 0) is 88.0 Å². The minimum Gasteiger partial charge on any atom is -0.396 e. The number of hydrogen-bond donors (Lipinski definition) is 3. The van der Waals surface area contributed by atoms with Gasteiger partial charge in [-0.1, -0.05) is 43.7 Å². The molecule has 0 spiro atoms. The highest BCUT2D eigenvalue weighted by Gasteiger charge is 2.55. The quantitative estimate of drug-likeness (QED) is 0.533. The van der Waals surface area contributed by atoms with Gasteiger partial charge in [0.15, 0.2) is 0 Å². The van der Waals surface area contributed by atoms with Gasteiger partial charge in [-0.3, -0.25) is 0 Å². The second kappa shape index (κ2) is 9.51. The van der Waals surface area contributed by atoms with Gasteiger partial charge in [0.05, 0.1) is 31.5 Å². The van der Waals surface area contributed by atoms with Gasteiger partial charge < -0.3 is 20.1 Å². The number of allylic oxidation sites excluding steroid dienone is 4. The second-order valence-electron chi connectivity index (χ2n) is 11.6. The molecule has 3 saturated carbocycles. The topological polar surface area (TPSA) is 69.9 Å². The summed E-state index contributed by atoms with van der Waals surface area (Å²) in [5, 5.41) is 30.4. The molecule has 3 aliphatic rings. The summed E-state index contributed by atoms with van der Waals surface area (Å²) in [5.74, 6) is 0.921. The number of aliphatic hydroxyl groups is 3. The van der Waals surface area contributed by atoms with E-state index in [9.17, 15) is 15.3 Å². The molecule has 4 heteroatoms. The van der Waals surface area contributed by atoms with Gasteiger partial charge in [0.2, 0.25) is 0 Å². The monoisotopic (exact) mass is 432 g/mol. The third-order valence-corrected chi connectivity index (χ3v) is 8.24. The van der Waals surface area contributed by atoms with Crippen molar-refractivity contribution in [2.45, 2.75) is 90.8 Å². The summed E-state index contributed by atoms with van der Waals surface area (Å²) in [6.07, 6.45) is 12.5. The van der Waals surface area contributed by atoms with Crippen LogP contribution < -0.4 is 0 Å². The second-order valence-corrected chi connectivity index (χ2v) is 11.6. The molecule has 0 radical (unpaired) electrons. The summed E-state index contributed by atoms with van der Waals surface area (Å²) in [6, 6.07) is 0. The molecule has 3 aliphatic carbocycles. The SMILES string of the molecule is C=C1CC[C@H](O)C/C1=C/C=C1CCC[C@@]2(C)C1CC[C@@H]2[C@@](C)(CO)COCC(C)(C)O. The third kappa shape index (κ3) is 5.52. The molecule has 5 atom stereocenters. The summed E-state index contributed by atoms with van der Waals surface area (Å²) in [6.45, 7) is 13.1. The van der Waals surface area contributed by atoms with Crippen molar-refractivity contribution in [3.05, 3.63) is 35.5 Å². The third-order valence-electron chi connectivity index (χ3n) is 8.24. The van der Waals surface area contributed by atoms with Crippen LogP contribution in [-0.2, 0) is 4.74 Å². The van der Waals surface area contributed by atoms with E-state index in [1.54, 1.807) is 13.8 Å². The summed E-state index contributed by atoms with van der Waals surface area (Å²) in [5.41, 5.74) is 2.88. The molecule has 0 amide bonds. The largest absolute Gasteiger partial charge is 0.396 e. The lowest BCUT2D eigenvalue weighted by Gasteiger charge is -2.48. The van der Waals surface area contributed by atoms with Crippen molar-refractivity contribution in [1.29, 1.82) is 0 Å². The predicted molar refractivity (Wildman–Crippen MR) is 126 cm³/mol. The Bertz CT molecular complexity index is 715. The zero-order valence-corrected chi connectivity index (χ0v) is 20.1. The summed E-state index contributed by atoms with van der Waals surface area (Å²) in [4.78, 5) is 0. The van der Waals surface area contributed by atoms with Gasteiger partial charge in [-0.2, -0.15) is 0 Å². The Balaban J connectivity index is 1.77. The number of fused-ring (bicyclic) bond motifs is 1. The van der Waals surface area contributed by atoms with Gasteiger partial charge in [0.25, 0.3) is 0 Å². The summed E-state index contributed by atoms with van der Waals surface area (Å²) in [7, 11) is 0. The summed E-state index contributed by atoms with van der Waals surface area (Å²) >= 11 is 0. The van der Waals surface area contributed by atoms with E-state index in [0.717, 1.165) is 32.1 Å². The molecule has 0 saturated heterocycles. The lowest BCUT2D eigenvalue weighted by atomic mass is 9.57. The maximum absolute atomic E-state index is 10.4. The fourth-order valence-electron chi connectivity index (χ4n) is 6.57. The van der Waals surface area contributed by atoms with E-state index in [1.807, 2.05) is 0 Å². The molecule has 1 unspecified atom stereocenters. The van der Waals surface area contributed by atoms with Crippen molar-refractivity contribution in [2.24, 2.45) is 22.7 Å². The minimum absolute atomic E-state index is 0.104. The van der Waals surface area contributed by atoms with Crippen molar-refractivity contribution in [3.8, 4) is 0 Å². The molecule has 4 nitrogen and oxygen atoms in total. The van der Waals surface area contributed by atoms with Crippen molar-refractivity contribution in [2.75, 3.05) is 19.8 Å². The highest BCUT2D eigenvalue weighted by atomic mass is 16.5. The highest BCUT2D eigenvalue weighted by molar-refractivity contribution is 5.36. The zero-order chi connectivity index (χ0) is 22.9. The van der Waals surface area contributed by atoms with Crippen molar-refractivity contribution >= 4 is 0 Å². The number of aliphatic hydroxyl groups excluding tert-OH is 2. The summed E-state index contributed by atoms with van der Waals surface area (Å²) < 4.78 is 5.90. The Morgan fingerprint density at radius 3 is 2.55 bits per heavy atom. The molecule has 3 N–H and O–H groups in total. The van der Waals surface area contributed by atoms with Crippen LogP contribution in [0.5, 0.6) is 0 Å². The Morgan fingerprint density at radius 1 is 1.13 bits per heavy atom. The van der Waals surface area contributed by atoms with Gasteiger partial charge in [0.1, 0.15) is 0 Å². The number of hydrogen-bond acceptors (Lipinski definition) is 4. The van der Waals surface area contributed by atoms with Crippen LogP contribution in [0.3, 0.4) is 0 Å². The Morgan fingerprint density at radius 2 is 1.87 bits per heavy atom. The van der Waals surface area contributed by atoms with Crippen molar-refractivity contribution in [3.63, 3.8) is 0 Å². The van der Waals surface area contributed by atoms with E-state index in [-0.39, 0.29) is 30.1 Å². The standard InChI is InChI=1S/C27H44O4/c1-19-8-11-22(29)15-21(19)10-9-20-7-6-14-27(5)23(20)12-13-24(27)26(4,16-28)18-31-17-25(2,3)30/h9-10,22-24,28-30H,1,6-8,11-18H2,2-5H3/b20-9?,21-10-/t22-,23?,24+,26-,27-/m0/s1. The molecule has 0 aromatic carbocycles. The van der Waals surface area contributed by atoms with E-state index in [4.69, 9.17) is 4.74 Å². The molecular weight excluding hydrogens is 388 g/mol. The lowest BCUT2D eigenvalue weighted by Crippen LogP contribution is -2.46. The van der Waals surface area contributed by atoms with Crippen LogP contribution in [0, 0.1) is 22.7 Å². The molecule has 176 valence electrons. The normalized spacial score (nSPS) is 36.6. The Labute approximate surface area is 189 Å². The van der Waals surface area contributed by atoms with Gasteiger partial charge >= 0.3 is 0 Å². The molecule has 3 fully saturated rings. The highest BCUT2D eigenvalue weighted by Crippen LogP contribution is 2.62. The fourth-order valence-corrected chi connectivity index (χ4v) is 6.57. The minimum atomic E-state index is -0.858. The van der Waals surface area contributed by atoms with E-state index >= 15 is 0 Å². The first-order chi connectivity index (χ1) is 14.5. The molecule has 0 aromatic rings. The average molecular weight is 433 g/mol.